The minimum absolute atomic E-state index is 0.0128. The Balaban J connectivity index is 1.14. The van der Waals surface area contributed by atoms with Gasteiger partial charge in [0.05, 0.1) is 19.3 Å². The zero-order chi connectivity index (χ0) is 38.4. The summed E-state index contributed by atoms with van der Waals surface area (Å²) in [6, 6.07) is 4.36. The maximum Gasteiger partial charge on any atom is 0.319 e. The molecule has 3 aliphatic heterocycles. The molecule has 3 atom stereocenters. The van der Waals surface area contributed by atoms with E-state index in [2.05, 4.69) is 20.8 Å². The number of fused-ring (bicyclic) bond motifs is 4. The predicted octanol–water partition coefficient (Wildman–Crippen LogP) is 6.25. The van der Waals surface area contributed by atoms with Crippen LogP contribution in [0, 0.1) is 35.3 Å². The molecule has 0 radical (unpaired) electrons. The molecule has 55 heavy (non-hydrogen) atoms. The standard InChI is InChI=1S/C40H39F5N6O4/c1-3-26-29(42)7-4-21-14-25(52)15-27(30(21)26)33-32(43)34-31(36(46-33)54-2)35(50-17-23-5-6-24(18-50)51(23)37(53)28-16-40(28,44)45)48-38(47-34)55-20-39(10-11-39)19-49-12-8-22(41)9-13-49/h1,4,7,14-15,22-24,28,52H,5-6,8-13,16-20H2,2H3/t23?,24?,28-/m0/s1. The number of phenols is 1. The van der Waals surface area contributed by atoms with E-state index < -0.39 is 42.0 Å². The second-order valence-corrected chi connectivity index (χ2v) is 15.8. The first-order valence-corrected chi connectivity index (χ1v) is 18.7. The van der Waals surface area contributed by atoms with Gasteiger partial charge in [0.1, 0.15) is 46.1 Å². The van der Waals surface area contributed by atoms with Gasteiger partial charge in [-0.2, -0.15) is 9.97 Å². The number of pyridine rings is 1. The number of ether oxygens (including phenoxy) is 2. The lowest BCUT2D eigenvalue weighted by atomic mass is 9.95. The van der Waals surface area contributed by atoms with E-state index >= 15 is 8.78 Å². The number of anilines is 1. The minimum atomic E-state index is -2.99. The molecule has 2 unspecified atom stereocenters. The third kappa shape index (κ3) is 6.22. The smallest absolute Gasteiger partial charge is 0.319 e. The Morgan fingerprint density at radius 1 is 1.04 bits per heavy atom. The van der Waals surface area contributed by atoms with Crippen LogP contribution in [-0.2, 0) is 4.79 Å². The fourth-order valence-electron chi connectivity index (χ4n) is 8.85. The number of methoxy groups -OCH3 is 1. The third-order valence-corrected chi connectivity index (χ3v) is 12.1. The van der Waals surface area contributed by atoms with E-state index in [1.807, 2.05) is 4.90 Å². The van der Waals surface area contributed by atoms with Crippen molar-refractivity contribution in [3.63, 3.8) is 0 Å². The molecule has 5 fully saturated rings. The van der Waals surface area contributed by atoms with Crippen LogP contribution in [0.2, 0.25) is 0 Å². The van der Waals surface area contributed by atoms with Crippen LogP contribution in [0.1, 0.15) is 50.5 Å². The number of carbonyl (C=O) groups excluding carboxylic acids is 1. The summed E-state index contributed by atoms with van der Waals surface area (Å²) in [5.74, 6) is -4.21. The number of phenolic OH excluding ortho intramolecular Hbond substituents is 1. The lowest BCUT2D eigenvalue weighted by Gasteiger charge is -2.42. The van der Waals surface area contributed by atoms with Gasteiger partial charge in [-0.1, -0.05) is 12.0 Å². The molecule has 0 spiro atoms. The molecule has 288 valence electrons. The van der Waals surface area contributed by atoms with Crippen LogP contribution >= 0.6 is 0 Å². The number of amides is 1. The summed E-state index contributed by atoms with van der Waals surface area (Å²) in [6.07, 6.45) is 8.43. The van der Waals surface area contributed by atoms with Crippen molar-refractivity contribution in [1.29, 1.82) is 0 Å². The van der Waals surface area contributed by atoms with Crippen molar-refractivity contribution in [2.24, 2.45) is 11.3 Å². The second-order valence-electron chi connectivity index (χ2n) is 15.8. The first-order chi connectivity index (χ1) is 26.4. The van der Waals surface area contributed by atoms with E-state index in [1.54, 1.807) is 4.90 Å². The summed E-state index contributed by atoms with van der Waals surface area (Å²) in [4.78, 5) is 32.9. The summed E-state index contributed by atoms with van der Waals surface area (Å²) in [5, 5.41) is 11.3. The molecule has 2 aromatic heterocycles. The highest BCUT2D eigenvalue weighted by atomic mass is 19.3. The molecule has 10 nitrogen and oxygen atoms in total. The van der Waals surface area contributed by atoms with Crippen LogP contribution in [0.25, 0.3) is 32.9 Å². The predicted molar refractivity (Wildman–Crippen MR) is 193 cm³/mol. The quantitative estimate of drug-likeness (QED) is 0.157. The molecule has 4 aromatic rings. The number of likely N-dealkylation sites (tertiary alicyclic amines) is 1. The Morgan fingerprint density at radius 3 is 2.38 bits per heavy atom. The first-order valence-electron chi connectivity index (χ1n) is 18.7. The van der Waals surface area contributed by atoms with Crippen LogP contribution in [0.3, 0.4) is 0 Å². The van der Waals surface area contributed by atoms with Crippen LogP contribution in [0.4, 0.5) is 27.8 Å². The van der Waals surface area contributed by atoms with E-state index in [0.717, 1.165) is 12.8 Å². The van der Waals surface area contributed by atoms with Gasteiger partial charge in [-0.15, -0.1) is 6.42 Å². The topological polar surface area (TPSA) is 104 Å². The molecule has 3 saturated heterocycles. The van der Waals surface area contributed by atoms with Gasteiger partial charge < -0.3 is 29.3 Å². The van der Waals surface area contributed by atoms with Gasteiger partial charge >= 0.3 is 6.01 Å². The molecule has 9 rings (SSSR count). The maximum atomic E-state index is 17.3. The monoisotopic (exact) mass is 762 g/mol. The van der Waals surface area contributed by atoms with Gasteiger partial charge in [0.15, 0.2) is 5.82 Å². The van der Waals surface area contributed by atoms with Crippen molar-refractivity contribution >= 4 is 33.4 Å². The molecule has 2 saturated carbocycles. The number of carbonyl (C=O) groups is 1. The average molecular weight is 763 g/mol. The van der Waals surface area contributed by atoms with Crippen molar-refractivity contribution in [3.8, 4) is 41.2 Å². The normalized spacial score (nSPS) is 24.3. The van der Waals surface area contributed by atoms with Crippen LogP contribution in [0.15, 0.2) is 24.3 Å². The average Bonchev–Trinajstić information content (AvgIpc) is 4.06. The SMILES string of the molecule is C#Cc1c(F)ccc2cc(O)cc(-c3nc(OC)c4c(N5CC6CCC(C5)N6C(=O)[C@@H]5CC5(F)F)nc(OCC5(CN6CCC(F)CC6)CC5)nc4c3F)c12. The summed E-state index contributed by atoms with van der Waals surface area (Å²) in [7, 11) is 1.35. The zero-order valence-corrected chi connectivity index (χ0v) is 30.1. The summed E-state index contributed by atoms with van der Waals surface area (Å²) in [5.41, 5.74) is -0.849. The molecular weight excluding hydrogens is 723 g/mol. The molecule has 1 amide bonds. The first kappa shape index (κ1) is 35.7. The third-order valence-electron chi connectivity index (χ3n) is 12.1. The van der Waals surface area contributed by atoms with Crippen molar-refractivity contribution < 1.29 is 41.3 Å². The Hall–Kier alpha value is -4.97. The molecule has 5 aliphatic rings. The van der Waals surface area contributed by atoms with Gasteiger partial charge in [-0.05, 0) is 62.1 Å². The van der Waals surface area contributed by atoms with Crippen molar-refractivity contribution in [3.05, 3.63) is 41.5 Å². The Morgan fingerprint density at radius 2 is 1.75 bits per heavy atom. The van der Waals surface area contributed by atoms with Crippen molar-refractivity contribution in [2.75, 3.05) is 51.3 Å². The molecule has 5 heterocycles. The molecule has 2 aliphatic carbocycles. The highest BCUT2D eigenvalue weighted by Crippen LogP contribution is 2.52. The number of rotatable bonds is 9. The van der Waals surface area contributed by atoms with Gasteiger partial charge in [0.2, 0.25) is 11.8 Å². The largest absolute Gasteiger partial charge is 0.508 e. The number of terminal acetylenes is 1. The lowest BCUT2D eigenvalue weighted by molar-refractivity contribution is -0.138. The number of hydrogen-bond donors (Lipinski definition) is 1. The van der Waals surface area contributed by atoms with E-state index in [0.29, 0.717) is 50.7 Å². The van der Waals surface area contributed by atoms with E-state index in [1.165, 1.54) is 31.4 Å². The molecular formula is C40H39F5N6O4. The van der Waals surface area contributed by atoms with Crippen molar-refractivity contribution in [2.45, 2.75) is 69.1 Å². The number of halogens is 5. The number of benzene rings is 2. The highest BCUT2D eigenvalue weighted by Gasteiger charge is 2.64. The fraction of sp³-hybridized carbons (Fsp3) is 0.500. The van der Waals surface area contributed by atoms with E-state index in [-0.39, 0.29) is 93.8 Å². The van der Waals surface area contributed by atoms with Crippen LogP contribution in [-0.4, -0.2) is 106 Å². The van der Waals surface area contributed by atoms with Crippen molar-refractivity contribution in [1.82, 2.24) is 24.8 Å². The number of hydrogen-bond acceptors (Lipinski definition) is 9. The van der Waals surface area contributed by atoms with Gasteiger partial charge in [-0.25, -0.2) is 26.9 Å². The fourth-order valence-corrected chi connectivity index (χ4v) is 8.85. The molecule has 2 aromatic carbocycles. The number of piperazine rings is 1. The molecule has 2 bridgehead atoms. The van der Waals surface area contributed by atoms with Crippen LogP contribution in [0.5, 0.6) is 17.6 Å². The Labute approximate surface area is 313 Å². The number of alkyl halides is 3. The Bertz CT molecular complexity index is 2260. The maximum absolute atomic E-state index is 17.3. The summed E-state index contributed by atoms with van der Waals surface area (Å²) >= 11 is 0. The van der Waals surface area contributed by atoms with Crippen LogP contribution < -0.4 is 14.4 Å². The molecule has 15 heteroatoms. The van der Waals surface area contributed by atoms with Gasteiger partial charge in [-0.3, -0.25) is 4.79 Å². The number of nitrogens with zero attached hydrogens (tertiary/aromatic N) is 6. The van der Waals surface area contributed by atoms with E-state index in [9.17, 15) is 23.1 Å². The number of aromatic hydroxyl groups is 1. The lowest BCUT2D eigenvalue weighted by Crippen LogP contribution is -2.56. The van der Waals surface area contributed by atoms with E-state index in [4.69, 9.17) is 20.9 Å². The Kier molecular flexibility index (Phi) is 8.49. The highest BCUT2D eigenvalue weighted by molar-refractivity contribution is 6.04. The second kappa shape index (κ2) is 13.1. The van der Waals surface area contributed by atoms with Gasteiger partial charge in [0.25, 0.3) is 5.92 Å². The molecule has 1 N–H and O–H groups in total. The summed E-state index contributed by atoms with van der Waals surface area (Å²) < 4.78 is 86.2. The minimum Gasteiger partial charge on any atom is -0.508 e. The zero-order valence-electron chi connectivity index (χ0n) is 30.1. The summed E-state index contributed by atoms with van der Waals surface area (Å²) in [6.45, 7) is 2.73. The number of piperidine rings is 1. The van der Waals surface area contributed by atoms with Gasteiger partial charge in [0, 0.05) is 67.6 Å². The number of aromatic nitrogens is 3.